The number of nitrogens with two attached hydrogens (primary N) is 1. The van der Waals surface area contributed by atoms with Gasteiger partial charge in [-0.1, -0.05) is 0 Å². The molecular formula is C10H17N3OS2. The highest BCUT2D eigenvalue weighted by molar-refractivity contribution is 7.98. The first-order valence-electron chi connectivity index (χ1n) is 5.06. The summed E-state index contributed by atoms with van der Waals surface area (Å²) < 4.78 is 0. The fraction of sp³-hybridized carbons (Fsp3) is 0.600. The molecule has 1 amide bonds. The predicted octanol–water partition coefficient (Wildman–Crippen LogP) is 1.15. The number of thioether (sulfide) groups is 1. The summed E-state index contributed by atoms with van der Waals surface area (Å²) >= 11 is 3.25. The SMILES string of the molecule is CSCC[C@H](N)C(=O)NCc1nc(C)cs1. The van der Waals surface area contributed by atoms with Gasteiger partial charge in [-0.3, -0.25) is 4.79 Å². The molecule has 0 aliphatic carbocycles. The molecule has 0 aliphatic heterocycles. The molecule has 16 heavy (non-hydrogen) atoms. The van der Waals surface area contributed by atoms with Crippen LogP contribution in [-0.2, 0) is 11.3 Å². The first kappa shape index (κ1) is 13.5. The van der Waals surface area contributed by atoms with E-state index >= 15 is 0 Å². The number of carbonyl (C=O) groups excluding carboxylic acids is 1. The van der Waals surface area contributed by atoms with Crippen LogP contribution in [-0.4, -0.2) is 28.9 Å². The van der Waals surface area contributed by atoms with Crippen molar-refractivity contribution in [3.05, 3.63) is 16.1 Å². The number of carbonyl (C=O) groups is 1. The van der Waals surface area contributed by atoms with Gasteiger partial charge in [-0.25, -0.2) is 4.98 Å². The molecule has 0 radical (unpaired) electrons. The van der Waals surface area contributed by atoms with Crippen molar-refractivity contribution in [3.8, 4) is 0 Å². The van der Waals surface area contributed by atoms with E-state index in [1.54, 1.807) is 23.1 Å². The van der Waals surface area contributed by atoms with Crippen molar-refractivity contribution in [2.75, 3.05) is 12.0 Å². The van der Waals surface area contributed by atoms with E-state index < -0.39 is 6.04 Å². The van der Waals surface area contributed by atoms with Crippen molar-refractivity contribution in [2.45, 2.75) is 25.9 Å². The lowest BCUT2D eigenvalue weighted by Gasteiger charge is -2.10. The van der Waals surface area contributed by atoms with Gasteiger partial charge in [0.2, 0.25) is 5.91 Å². The van der Waals surface area contributed by atoms with Crippen molar-refractivity contribution in [3.63, 3.8) is 0 Å². The summed E-state index contributed by atoms with van der Waals surface area (Å²) in [5.41, 5.74) is 6.72. The van der Waals surface area contributed by atoms with Crippen LogP contribution in [0.15, 0.2) is 5.38 Å². The number of thiazole rings is 1. The summed E-state index contributed by atoms with van der Waals surface area (Å²) in [7, 11) is 0. The van der Waals surface area contributed by atoms with Crippen LogP contribution < -0.4 is 11.1 Å². The molecule has 90 valence electrons. The van der Waals surface area contributed by atoms with Gasteiger partial charge in [-0.2, -0.15) is 11.8 Å². The van der Waals surface area contributed by atoms with E-state index in [2.05, 4.69) is 10.3 Å². The maximum atomic E-state index is 11.6. The van der Waals surface area contributed by atoms with Gasteiger partial charge in [0.25, 0.3) is 0 Å². The molecular weight excluding hydrogens is 242 g/mol. The van der Waals surface area contributed by atoms with Crippen molar-refractivity contribution < 1.29 is 4.79 Å². The van der Waals surface area contributed by atoms with E-state index in [0.717, 1.165) is 16.5 Å². The Morgan fingerprint density at radius 2 is 2.50 bits per heavy atom. The highest BCUT2D eigenvalue weighted by Crippen LogP contribution is 2.08. The third kappa shape index (κ3) is 4.51. The summed E-state index contributed by atoms with van der Waals surface area (Å²) in [6.07, 6.45) is 2.72. The quantitative estimate of drug-likeness (QED) is 0.804. The summed E-state index contributed by atoms with van der Waals surface area (Å²) in [5.74, 6) is 0.812. The second-order valence-corrected chi connectivity index (χ2v) is 5.42. The molecule has 1 aromatic heterocycles. The summed E-state index contributed by atoms with van der Waals surface area (Å²) in [4.78, 5) is 15.8. The summed E-state index contributed by atoms with van der Waals surface area (Å²) in [6, 6.07) is -0.409. The van der Waals surface area contributed by atoms with Gasteiger partial charge >= 0.3 is 0 Å². The molecule has 0 saturated carbocycles. The van der Waals surface area contributed by atoms with E-state index in [1.807, 2.05) is 18.6 Å². The minimum atomic E-state index is -0.409. The van der Waals surface area contributed by atoms with Crippen LogP contribution in [0.2, 0.25) is 0 Å². The third-order valence-electron chi connectivity index (χ3n) is 2.05. The van der Waals surface area contributed by atoms with Crippen molar-refractivity contribution in [2.24, 2.45) is 5.73 Å². The smallest absolute Gasteiger partial charge is 0.237 e. The Balaban J connectivity index is 2.29. The normalized spacial score (nSPS) is 12.4. The Labute approximate surface area is 104 Å². The minimum Gasteiger partial charge on any atom is -0.348 e. The zero-order chi connectivity index (χ0) is 12.0. The first-order chi connectivity index (χ1) is 7.63. The molecule has 0 aliphatic rings. The number of aryl methyl sites for hydroxylation is 1. The van der Waals surface area contributed by atoms with E-state index in [-0.39, 0.29) is 5.91 Å². The molecule has 0 spiro atoms. The molecule has 3 N–H and O–H groups in total. The molecule has 1 rings (SSSR count). The number of nitrogens with one attached hydrogen (secondary N) is 1. The number of hydrogen-bond donors (Lipinski definition) is 2. The van der Waals surface area contributed by atoms with Crippen LogP contribution in [0.1, 0.15) is 17.1 Å². The molecule has 1 aromatic rings. The number of aromatic nitrogens is 1. The zero-order valence-corrected chi connectivity index (χ0v) is 11.2. The van der Waals surface area contributed by atoms with Crippen LogP contribution in [0.3, 0.4) is 0 Å². The topological polar surface area (TPSA) is 68.0 Å². The van der Waals surface area contributed by atoms with Crippen LogP contribution in [0, 0.1) is 6.92 Å². The Hall–Kier alpha value is -0.590. The number of rotatable bonds is 6. The molecule has 4 nitrogen and oxygen atoms in total. The molecule has 1 heterocycles. The van der Waals surface area contributed by atoms with Gasteiger partial charge in [-0.05, 0) is 25.4 Å². The largest absolute Gasteiger partial charge is 0.348 e. The lowest BCUT2D eigenvalue weighted by atomic mass is 10.2. The molecule has 0 saturated heterocycles. The fourth-order valence-electron chi connectivity index (χ4n) is 1.15. The van der Waals surface area contributed by atoms with Gasteiger partial charge in [-0.15, -0.1) is 11.3 Å². The van der Waals surface area contributed by atoms with Gasteiger partial charge in [0.15, 0.2) is 0 Å². The van der Waals surface area contributed by atoms with E-state index in [4.69, 9.17) is 5.73 Å². The number of hydrogen-bond acceptors (Lipinski definition) is 5. The molecule has 6 heteroatoms. The fourth-order valence-corrected chi connectivity index (χ4v) is 2.35. The lowest BCUT2D eigenvalue weighted by Crippen LogP contribution is -2.40. The van der Waals surface area contributed by atoms with Crippen LogP contribution in [0.5, 0.6) is 0 Å². The predicted molar refractivity (Wildman–Crippen MR) is 69.7 cm³/mol. The van der Waals surface area contributed by atoms with Crippen LogP contribution in [0.4, 0.5) is 0 Å². The second-order valence-electron chi connectivity index (χ2n) is 3.49. The Bertz CT molecular complexity index is 341. The highest BCUT2D eigenvalue weighted by Gasteiger charge is 2.12. The molecule has 1 atom stereocenters. The van der Waals surface area contributed by atoms with E-state index in [9.17, 15) is 4.79 Å². The van der Waals surface area contributed by atoms with Crippen LogP contribution in [0.25, 0.3) is 0 Å². The number of amides is 1. The van der Waals surface area contributed by atoms with Crippen LogP contribution >= 0.6 is 23.1 Å². The average Bonchev–Trinajstić information content (AvgIpc) is 2.68. The van der Waals surface area contributed by atoms with E-state index in [1.165, 1.54) is 0 Å². The minimum absolute atomic E-state index is 0.0955. The monoisotopic (exact) mass is 259 g/mol. The Morgan fingerprint density at radius 3 is 3.06 bits per heavy atom. The third-order valence-corrected chi connectivity index (χ3v) is 3.66. The second kappa shape index (κ2) is 6.88. The molecule has 0 fully saturated rings. The van der Waals surface area contributed by atoms with Crippen molar-refractivity contribution in [1.82, 2.24) is 10.3 Å². The van der Waals surface area contributed by atoms with Crippen molar-refractivity contribution >= 4 is 29.0 Å². The zero-order valence-electron chi connectivity index (χ0n) is 9.53. The highest BCUT2D eigenvalue weighted by atomic mass is 32.2. The first-order valence-corrected chi connectivity index (χ1v) is 7.34. The van der Waals surface area contributed by atoms with E-state index in [0.29, 0.717) is 13.0 Å². The Kier molecular flexibility index (Phi) is 5.79. The van der Waals surface area contributed by atoms with Gasteiger partial charge in [0, 0.05) is 11.1 Å². The van der Waals surface area contributed by atoms with Gasteiger partial charge in [0.1, 0.15) is 5.01 Å². The summed E-state index contributed by atoms with van der Waals surface area (Å²) in [5, 5.41) is 5.68. The Morgan fingerprint density at radius 1 is 1.75 bits per heavy atom. The molecule has 0 bridgehead atoms. The standard InChI is InChI=1S/C10H17N3OS2/c1-7-6-16-9(13-7)5-12-10(14)8(11)3-4-15-2/h6,8H,3-5,11H2,1-2H3,(H,12,14)/t8-/m0/s1. The molecule has 0 aromatic carbocycles. The molecule has 0 unspecified atom stereocenters. The van der Waals surface area contributed by atoms with Gasteiger partial charge in [0.05, 0.1) is 12.6 Å². The average molecular weight is 259 g/mol. The maximum Gasteiger partial charge on any atom is 0.237 e. The summed E-state index contributed by atoms with van der Waals surface area (Å²) in [6.45, 7) is 2.41. The van der Waals surface area contributed by atoms with Crippen molar-refractivity contribution in [1.29, 1.82) is 0 Å². The number of nitrogens with zero attached hydrogens (tertiary/aromatic N) is 1. The van der Waals surface area contributed by atoms with Gasteiger partial charge < -0.3 is 11.1 Å². The maximum absolute atomic E-state index is 11.6. The lowest BCUT2D eigenvalue weighted by molar-refractivity contribution is -0.122.